The van der Waals surface area contributed by atoms with Gasteiger partial charge in [-0.2, -0.15) is 0 Å². The highest BCUT2D eigenvalue weighted by molar-refractivity contribution is 7.93. The van der Waals surface area contributed by atoms with E-state index in [0.717, 1.165) is 6.42 Å². The van der Waals surface area contributed by atoms with Gasteiger partial charge >= 0.3 is 23.9 Å². The fraction of sp³-hybridized carbons (Fsp3) is 0.462. The van der Waals surface area contributed by atoms with Crippen molar-refractivity contribution in [2.45, 2.75) is 126 Å². The molecule has 0 aliphatic heterocycles. The molecule has 7 N–H and O–H groups in total. The van der Waals surface area contributed by atoms with Crippen molar-refractivity contribution in [2.24, 2.45) is 0 Å². The summed E-state index contributed by atoms with van der Waals surface area (Å²) in [7, 11) is -8.07. The number of aryl methyl sites for hydroxylation is 2. The monoisotopic (exact) mass is 1640 g/mol. The van der Waals surface area contributed by atoms with Crippen LogP contribution >= 0.6 is 0 Å². The normalized spacial score (nSPS) is 11.4. The summed E-state index contributed by atoms with van der Waals surface area (Å²) in [5.41, 5.74) is 0.776. The second-order valence-corrected chi connectivity index (χ2v) is 29.4. The van der Waals surface area contributed by atoms with E-state index in [1.165, 1.54) is 109 Å². The Morgan fingerprint density at radius 3 is 1.13 bits per heavy atom. The largest absolute Gasteiger partial charge is 0.481 e. The third-order valence-electron chi connectivity index (χ3n) is 15.4. The predicted octanol–water partition coefficient (Wildman–Crippen LogP) is 9.72. The van der Waals surface area contributed by atoms with Crippen molar-refractivity contribution in [2.75, 3.05) is 128 Å². The van der Waals surface area contributed by atoms with E-state index in [-0.39, 0.29) is 181 Å². The van der Waals surface area contributed by atoms with Gasteiger partial charge in [-0.05, 0) is 192 Å². The van der Waals surface area contributed by atoms with Gasteiger partial charge in [0.25, 0.3) is 31.9 Å². The minimum absolute atomic E-state index is 0.000716. The van der Waals surface area contributed by atoms with E-state index in [0.29, 0.717) is 112 Å². The molecular weight excluding hydrogens is 1540 g/mol. The summed E-state index contributed by atoms with van der Waals surface area (Å²) in [6.45, 7) is 7.61. The number of aliphatic carboxylic acids is 3. The third kappa shape index (κ3) is 41.1. The topological polar surface area (TPSA) is 441 Å². The maximum atomic E-state index is 14.5. The Bertz CT molecular complexity index is 4200. The molecule has 0 saturated carbocycles. The van der Waals surface area contributed by atoms with Crippen molar-refractivity contribution in [3.8, 4) is 23.0 Å². The van der Waals surface area contributed by atoms with Crippen LogP contribution in [0.1, 0.15) is 130 Å². The maximum Gasteiger partial charge on any atom is 0.329 e. The van der Waals surface area contributed by atoms with Crippen LogP contribution in [0.25, 0.3) is 0 Å². The fourth-order valence-corrected chi connectivity index (χ4v) is 11.9. The molecule has 114 heavy (non-hydrogen) atoms. The summed E-state index contributed by atoms with van der Waals surface area (Å²) in [5.74, 6) is -3.63. The first-order valence-corrected chi connectivity index (χ1v) is 39.7. The van der Waals surface area contributed by atoms with Crippen LogP contribution in [0, 0.1) is 11.6 Å². The smallest absolute Gasteiger partial charge is 0.329 e. The highest BCUT2D eigenvalue weighted by Gasteiger charge is 2.21. The number of carbonyl (C=O) groups is 8. The molecule has 2 aromatic heterocycles. The maximum absolute atomic E-state index is 14.5. The third-order valence-corrected chi connectivity index (χ3v) is 18.1. The number of hydrogen-bond acceptors (Lipinski definition) is 25. The van der Waals surface area contributed by atoms with Gasteiger partial charge in [0.2, 0.25) is 0 Å². The first-order chi connectivity index (χ1) is 54.5. The van der Waals surface area contributed by atoms with Crippen LogP contribution in [-0.2, 0) is 104 Å². The van der Waals surface area contributed by atoms with Gasteiger partial charge in [0.15, 0.2) is 11.6 Å². The summed E-state index contributed by atoms with van der Waals surface area (Å²) >= 11 is 0. The molecule has 0 saturated heterocycles. The lowest BCUT2D eigenvalue weighted by Crippen LogP contribution is -2.28. The number of nitrogens with one attached hydrogen (secondary N) is 4. The molecular formula is C78H100F2N6O26S2. The van der Waals surface area contributed by atoms with Crippen LogP contribution in [0.2, 0.25) is 0 Å². The van der Waals surface area contributed by atoms with Gasteiger partial charge in [-0.1, -0.05) is 12.8 Å². The van der Waals surface area contributed by atoms with E-state index < -0.39 is 61.2 Å². The molecule has 0 radical (unpaired) electrons. The lowest BCUT2D eigenvalue weighted by atomic mass is 10.1. The molecule has 2 heterocycles. The number of carbonyl (C=O) groups excluding carboxylic acids is 5. The lowest BCUT2D eigenvalue weighted by Gasteiger charge is -2.19. The van der Waals surface area contributed by atoms with Crippen molar-refractivity contribution in [1.82, 2.24) is 20.6 Å². The van der Waals surface area contributed by atoms with Gasteiger partial charge in [-0.15, -0.1) is 0 Å². The summed E-state index contributed by atoms with van der Waals surface area (Å²) in [6, 6.07) is 25.5. The Morgan fingerprint density at radius 2 is 0.763 bits per heavy atom. The average Bonchev–Trinajstić information content (AvgIpc) is 0.824. The minimum atomic E-state index is -4.04. The molecule has 6 rings (SSSR count). The standard InChI is InChI=1S/C41H54FN3O13S.C37H46FN3O13S/c1-41(2,3)58-39(49)10-6-4-5-8-30-26-34(14-17-36(30)42)57-33-12-15-35(16-13-33)59(51,52)45-37-18-11-31(27-44-37)40(50)43-19-21-54-23-24-55-28-32(46)9-7-20-53-22-25-56-29-38(47)48;38-33-14-11-31(23-27(33)5-2-1-3-7-35(43)44)54-30-9-12-32(13-10-30)55(48,49)41-34-15-8-28(24-40-34)37(47)39-16-18-51-20-21-52-25-29(42)6-4-17-50-19-22-53-26-36(45)46/h11-18,26-27H,4-10,19-25,28-29H2,1-3H3,(H,43,50)(H,44,45)(H,47,48);8-15,23-24H,1-7,16-22,25-26H2,(H,39,47)(H,40,41)(H,43,44)(H,45,46). The number of rotatable bonds is 58. The summed E-state index contributed by atoms with van der Waals surface area (Å²) in [4.78, 5) is 99.9. The Morgan fingerprint density at radius 1 is 0.395 bits per heavy atom. The zero-order chi connectivity index (χ0) is 83.0. The van der Waals surface area contributed by atoms with Gasteiger partial charge in [-0.3, -0.25) is 38.2 Å². The SMILES string of the molecule is CC(C)(C)OC(=O)CCCCCc1cc(Oc2ccc(S(=O)(=O)Nc3ccc(C(=O)NCCOCCOCC(=O)CCCOCCOCC(=O)O)cn3)cc2)ccc1F.O=C(O)CCCCCc1cc(Oc2ccc(S(=O)(=O)Nc3ccc(C(=O)NCCOCCOCC(=O)CCCOCCOCC(=O)O)cn3)cc2)ccc1F. The number of unbranched alkanes of at least 4 members (excludes halogenated alkanes) is 4. The first-order valence-electron chi connectivity index (χ1n) is 36.7. The zero-order valence-corrected chi connectivity index (χ0v) is 65.5. The number of esters is 1. The van der Waals surface area contributed by atoms with Gasteiger partial charge < -0.3 is 78.1 Å². The van der Waals surface area contributed by atoms with E-state index in [1.54, 1.807) is 12.1 Å². The number of amides is 2. The number of carboxylic acid groups (broad SMARTS) is 3. The molecule has 624 valence electrons. The zero-order valence-electron chi connectivity index (χ0n) is 63.9. The molecule has 6 aromatic rings. The number of Topliss-reactive ketones (excluding diaryl/α,β-unsaturated/α-hetero) is 2. The van der Waals surface area contributed by atoms with Crippen molar-refractivity contribution in [3.63, 3.8) is 0 Å². The predicted molar refractivity (Wildman–Crippen MR) is 409 cm³/mol. The molecule has 0 bridgehead atoms. The average molecular weight is 1640 g/mol. The van der Waals surface area contributed by atoms with Crippen LogP contribution in [0.15, 0.2) is 131 Å². The number of benzene rings is 4. The summed E-state index contributed by atoms with van der Waals surface area (Å²) in [6.07, 6.45) is 9.10. The van der Waals surface area contributed by atoms with E-state index in [9.17, 15) is 64.0 Å². The Labute approximate surface area is 660 Å². The number of anilines is 2. The number of sulfonamides is 2. The molecule has 36 heteroatoms. The van der Waals surface area contributed by atoms with Gasteiger partial charge in [0.05, 0.1) is 87.0 Å². The quantitative estimate of drug-likeness (QED) is 0.0138. The Kier molecular flexibility index (Phi) is 43.5. The van der Waals surface area contributed by atoms with E-state index >= 15 is 0 Å². The van der Waals surface area contributed by atoms with Crippen LogP contribution in [0.5, 0.6) is 23.0 Å². The molecule has 2 amide bonds. The van der Waals surface area contributed by atoms with E-state index in [4.69, 9.17) is 67.4 Å². The van der Waals surface area contributed by atoms with Gasteiger partial charge in [0.1, 0.15) is 78.3 Å². The van der Waals surface area contributed by atoms with Crippen molar-refractivity contribution >= 4 is 78.9 Å². The molecule has 0 fully saturated rings. The number of ketones is 2. The lowest BCUT2D eigenvalue weighted by molar-refractivity contribution is -0.155. The highest BCUT2D eigenvalue weighted by Crippen LogP contribution is 2.29. The summed E-state index contributed by atoms with van der Waals surface area (Å²) < 4.78 is 144. The second-order valence-electron chi connectivity index (χ2n) is 26.1. The second kappa shape index (κ2) is 52.4. The Balaban J connectivity index is 0.000000408. The van der Waals surface area contributed by atoms with Gasteiger partial charge in [0, 0.05) is 64.4 Å². The number of hydrogen-bond donors (Lipinski definition) is 7. The van der Waals surface area contributed by atoms with Crippen LogP contribution in [-0.4, -0.2) is 214 Å². The van der Waals surface area contributed by atoms with E-state index in [2.05, 4.69) is 30.0 Å². The number of halogens is 2. The molecule has 4 aromatic carbocycles. The molecule has 0 unspecified atom stereocenters. The molecule has 32 nitrogen and oxygen atoms in total. The molecule has 0 aliphatic carbocycles. The van der Waals surface area contributed by atoms with Crippen LogP contribution in [0.4, 0.5) is 20.4 Å². The molecule has 0 aliphatic rings. The number of carboxylic acids is 3. The van der Waals surface area contributed by atoms with Crippen LogP contribution in [0.3, 0.4) is 0 Å². The van der Waals surface area contributed by atoms with Crippen molar-refractivity contribution < 1.29 is 131 Å². The molecule has 0 spiro atoms. The van der Waals surface area contributed by atoms with Crippen molar-refractivity contribution in [3.05, 3.63) is 155 Å². The number of aromatic nitrogens is 2. The van der Waals surface area contributed by atoms with Crippen LogP contribution < -0.4 is 29.6 Å². The molecule has 0 atom stereocenters. The van der Waals surface area contributed by atoms with Gasteiger partial charge in [-0.25, -0.2) is 45.2 Å². The summed E-state index contributed by atoms with van der Waals surface area (Å²) in [5, 5.41) is 31.0. The first kappa shape index (κ1) is 94.6. The number of nitrogens with zero attached hydrogens (tertiary/aromatic N) is 2. The Hall–Kier alpha value is -10.0. The fourth-order valence-electron chi connectivity index (χ4n) is 9.89. The van der Waals surface area contributed by atoms with Crippen molar-refractivity contribution in [1.29, 1.82) is 0 Å². The highest BCUT2D eigenvalue weighted by atomic mass is 32.2. The van der Waals surface area contributed by atoms with E-state index in [1.807, 2.05) is 20.8 Å². The minimum Gasteiger partial charge on any atom is -0.481 e. The number of ether oxygens (including phenoxy) is 11. The number of pyridine rings is 2.